The monoisotopic (exact) mass is 391 g/mol. The second-order valence-corrected chi connectivity index (χ2v) is 6.87. The first-order chi connectivity index (χ1) is 14.1. The molecule has 29 heavy (non-hydrogen) atoms. The van der Waals surface area contributed by atoms with Crippen LogP contribution in [-0.2, 0) is 16.0 Å². The van der Waals surface area contributed by atoms with Gasteiger partial charge in [0.15, 0.2) is 18.3 Å². The third-order valence-corrected chi connectivity index (χ3v) is 4.69. The van der Waals surface area contributed by atoms with E-state index >= 15 is 0 Å². The van der Waals surface area contributed by atoms with Gasteiger partial charge in [0.25, 0.3) is 5.91 Å². The number of amides is 2. The van der Waals surface area contributed by atoms with Gasteiger partial charge >= 0.3 is 0 Å². The smallest absolute Gasteiger partial charge is 0.262 e. The van der Waals surface area contributed by atoms with Crippen LogP contribution in [0.5, 0.6) is 5.75 Å². The molecule has 4 rings (SSSR count). The van der Waals surface area contributed by atoms with E-state index in [1.165, 1.54) is 0 Å². The zero-order valence-electron chi connectivity index (χ0n) is 16.0. The van der Waals surface area contributed by atoms with Crippen LogP contribution in [0.1, 0.15) is 30.8 Å². The number of hydrogen-bond acceptors (Lipinski definition) is 5. The van der Waals surface area contributed by atoms with Crippen molar-refractivity contribution in [3.8, 4) is 17.1 Å². The van der Waals surface area contributed by atoms with Gasteiger partial charge in [0.2, 0.25) is 5.91 Å². The minimum Gasteiger partial charge on any atom is -0.482 e. The van der Waals surface area contributed by atoms with Crippen LogP contribution in [0.2, 0.25) is 0 Å². The van der Waals surface area contributed by atoms with Gasteiger partial charge in [-0.2, -0.15) is 0 Å². The van der Waals surface area contributed by atoms with Crippen molar-refractivity contribution in [2.45, 2.75) is 25.8 Å². The molecule has 1 aliphatic heterocycles. The largest absolute Gasteiger partial charge is 0.482 e. The van der Waals surface area contributed by atoms with E-state index < -0.39 is 0 Å². The van der Waals surface area contributed by atoms with E-state index in [-0.39, 0.29) is 30.9 Å². The lowest BCUT2D eigenvalue weighted by atomic mass is 10.1. The quantitative estimate of drug-likeness (QED) is 0.671. The zero-order chi connectivity index (χ0) is 20.2. The Morgan fingerprint density at radius 2 is 2.07 bits per heavy atom. The fourth-order valence-corrected chi connectivity index (χ4v) is 3.15. The Hall–Kier alpha value is -3.61. The Balaban J connectivity index is 1.32. The summed E-state index contributed by atoms with van der Waals surface area (Å²) < 4.78 is 11.1. The second-order valence-electron chi connectivity index (χ2n) is 6.87. The molecule has 1 aliphatic rings. The summed E-state index contributed by atoms with van der Waals surface area (Å²) in [5.41, 5.74) is 2.45. The van der Waals surface area contributed by atoms with Gasteiger partial charge in [0, 0.05) is 18.4 Å². The van der Waals surface area contributed by atoms with Crippen LogP contribution < -0.4 is 15.4 Å². The van der Waals surface area contributed by atoms with E-state index in [0.717, 1.165) is 11.1 Å². The average Bonchev–Trinajstić information content (AvgIpc) is 3.21. The topological polar surface area (TPSA) is 93.5 Å². The molecule has 2 amide bonds. The van der Waals surface area contributed by atoms with Crippen molar-refractivity contribution in [2.75, 3.05) is 11.9 Å². The molecular weight excluding hydrogens is 370 g/mol. The highest BCUT2D eigenvalue weighted by atomic mass is 16.5. The van der Waals surface area contributed by atoms with Crippen LogP contribution >= 0.6 is 0 Å². The highest BCUT2D eigenvalue weighted by Gasteiger charge is 2.18. The molecule has 148 valence electrons. The Bertz CT molecular complexity index is 1030. The van der Waals surface area contributed by atoms with E-state index in [2.05, 4.69) is 15.6 Å². The molecule has 0 bridgehead atoms. The van der Waals surface area contributed by atoms with Crippen LogP contribution in [0, 0.1) is 0 Å². The third-order valence-electron chi connectivity index (χ3n) is 4.69. The molecule has 7 nitrogen and oxygen atoms in total. The van der Waals surface area contributed by atoms with Gasteiger partial charge < -0.3 is 19.8 Å². The molecule has 2 N–H and O–H groups in total. The molecule has 0 fully saturated rings. The van der Waals surface area contributed by atoms with Crippen LogP contribution in [-0.4, -0.2) is 23.4 Å². The molecule has 3 aromatic rings. The van der Waals surface area contributed by atoms with E-state index in [4.69, 9.17) is 9.15 Å². The average molecular weight is 391 g/mol. The number of hydrogen-bond donors (Lipinski definition) is 2. The summed E-state index contributed by atoms with van der Waals surface area (Å²) in [6.07, 6.45) is 2.36. The van der Waals surface area contributed by atoms with Crippen molar-refractivity contribution in [3.63, 3.8) is 0 Å². The number of anilines is 1. The molecule has 1 atom stereocenters. The van der Waals surface area contributed by atoms with Crippen LogP contribution in [0.25, 0.3) is 11.3 Å². The van der Waals surface area contributed by atoms with Crippen molar-refractivity contribution in [2.24, 2.45) is 0 Å². The van der Waals surface area contributed by atoms with E-state index in [1.54, 1.807) is 12.3 Å². The molecule has 7 heteroatoms. The summed E-state index contributed by atoms with van der Waals surface area (Å²) in [7, 11) is 0. The lowest BCUT2D eigenvalue weighted by Crippen LogP contribution is -2.28. The maximum Gasteiger partial charge on any atom is 0.262 e. The summed E-state index contributed by atoms with van der Waals surface area (Å²) in [5, 5.41) is 5.73. The number of aromatic nitrogens is 1. The summed E-state index contributed by atoms with van der Waals surface area (Å²) in [4.78, 5) is 28.1. The molecule has 0 radical (unpaired) electrons. The Labute approximate surface area is 168 Å². The van der Waals surface area contributed by atoms with Crippen molar-refractivity contribution in [1.29, 1.82) is 0 Å². The van der Waals surface area contributed by atoms with Gasteiger partial charge in [0.05, 0.1) is 17.9 Å². The van der Waals surface area contributed by atoms with E-state index in [9.17, 15) is 9.59 Å². The Morgan fingerprint density at radius 3 is 2.90 bits per heavy atom. The number of carbonyl (C=O) groups excluding carboxylic acids is 2. The number of ether oxygens (including phenoxy) is 1. The molecule has 1 aromatic heterocycles. The van der Waals surface area contributed by atoms with Gasteiger partial charge in [-0.1, -0.05) is 36.4 Å². The Morgan fingerprint density at radius 1 is 1.24 bits per heavy atom. The SMILES string of the molecule is C[C@H](NC(=O)CCc1ncc(-c2ccccc2)o1)c1ccc2c(c1)NC(=O)CO2. The number of rotatable bonds is 6. The molecule has 0 aliphatic carbocycles. The zero-order valence-corrected chi connectivity index (χ0v) is 16.0. The minimum atomic E-state index is -0.212. The highest BCUT2D eigenvalue weighted by Crippen LogP contribution is 2.30. The fourth-order valence-electron chi connectivity index (χ4n) is 3.15. The molecule has 2 aromatic carbocycles. The minimum absolute atomic E-state index is 0.0193. The van der Waals surface area contributed by atoms with Gasteiger partial charge in [0.1, 0.15) is 5.75 Å². The lowest BCUT2D eigenvalue weighted by Gasteiger charge is -2.21. The number of aryl methyl sites for hydroxylation is 1. The van der Waals surface area contributed by atoms with Gasteiger partial charge in [-0.25, -0.2) is 4.98 Å². The highest BCUT2D eigenvalue weighted by molar-refractivity contribution is 5.95. The first-order valence-corrected chi connectivity index (χ1v) is 9.44. The summed E-state index contributed by atoms with van der Waals surface area (Å²) in [5.74, 6) is 1.56. The summed E-state index contributed by atoms with van der Waals surface area (Å²) >= 11 is 0. The second kappa shape index (κ2) is 8.18. The van der Waals surface area contributed by atoms with Gasteiger partial charge in [-0.15, -0.1) is 0 Å². The summed E-state index contributed by atoms with van der Waals surface area (Å²) in [6.45, 7) is 1.91. The number of fused-ring (bicyclic) bond motifs is 1. The number of nitrogens with zero attached hydrogens (tertiary/aromatic N) is 1. The standard InChI is InChI=1S/C22H21N3O4/c1-14(16-7-8-18-17(11-16)25-21(27)13-28-18)24-20(26)9-10-22-23-12-19(29-22)15-5-3-2-4-6-15/h2-8,11-12,14H,9-10,13H2,1H3,(H,24,26)(H,25,27)/t14-/m0/s1. The van der Waals surface area contributed by atoms with Crippen molar-refractivity contribution in [1.82, 2.24) is 10.3 Å². The first kappa shape index (κ1) is 18.7. The molecule has 0 spiro atoms. The van der Waals surface area contributed by atoms with Crippen molar-refractivity contribution >= 4 is 17.5 Å². The lowest BCUT2D eigenvalue weighted by molar-refractivity contribution is -0.122. The van der Waals surface area contributed by atoms with Crippen LogP contribution in [0.15, 0.2) is 59.1 Å². The normalized spacial score (nSPS) is 13.8. The van der Waals surface area contributed by atoms with Gasteiger partial charge in [-0.3, -0.25) is 9.59 Å². The molecule has 0 saturated carbocycles. The Kier molecular flexibility index (Phi) is 5.29. The number of carbonyl (C=O) groups is 2. The molecule has 0 unspecified atom stereocenters. The van der Waals surface area contributed by atoms with Crippen LogP contribution in [0.3, 0.4) is 0 Å². The van der Waals surface area contributed by atoms with Crippen molar-refractivity contribution < 1.29 is 18.7 Å². The molecule has 2 heterocycles. The maximum absolute atomic E-state index is 12.3. The van der Waals surface area contributed by atoms with Gasteiger partial charge in [-0.05, 0) is 24.6 Å². The number of oxazole rings is 1. The summed E-state index contributed by atoms with van der Waals surface area (Å²) in [6, 6.07) is 15.0. The molecule has 0 saturated heterocycles. The number of nitrogens with one attached hydrogen (secondary N) is 2. The van der Waals surface area contributed by atoms with E-state index in [0.29, 0.717) is 29.5 Å². The molecular formula is C22H21N3O4. The fraction of sp³-hybridized carbons (Fsp3) is 0.227. The van der Waals surface area contributed by atoms with E-state index in [1.807, 2.05) is 49.4 Å². The predicted molar refractivity (Wildman–Crippen MR) is 107 cm³/mol. The van der Waals surface area contributed by atoms with Crippen molar-refractivity contribution in [3.05, 3.63) is 66.2 Å². The predicted octanol–water partition coefficient (Wildman–Crippen LogP) is 3.48. The third kappa shape index (κ3) is 4.45. The number of benzene rings is 2. The first-order valence-electron chi connectivity index (χ1n) is 9.44. The maximum atomic E-state index is 12.3. The van der Waals surface area contributed by atoms with Crippen LogP contribution in [0.4, 0.5) is 5.69 Å².